The number of hydrogen-bond acceptors (Lipinski definition) is 10. The van der Waals surface area contributed by atoms with Crippen LogP contribution in [0.1, 0.15) is 45.1 Å². The maximum atomic E-state index is 11.9. The number of hydrazone groups is 1. The molecule has 0 aliphatic carbocycles. The summed E-state index contributed by atoms with van der Waals surface area (Å²) in [5.41, 5.74) is 14.2. The Hall–Kier alpha value is -3.09. The lowest BCUT2D eigenvalue weighted by Gasteiger charge is -2.12. The fraction of sp³-hybridized carbons (Fsp3) is 0.391. The van der Waals surface area contributed by atoms with E-state index in [4.69, 9.17) is 34.7 Å². The number of unbranched alkanes of at least 4 members (excludes halogenated alkanes) is 2. The van der Waals surface area contributed by atoms with Crippen LogP contribution >= 0.6 is 32.7 Å². The molecule has 0 radical (unpaired) electrons. The van der Waals surface area contributed by atoms with E-state index in [2.05, 4.69) is 25.1 Å². The van der Waals surface area contributed by atoms with Crippen LogP contribution in [0.25, 0.3) is 0 Å². The quantitative estimate of drug-likeness (QED) is 0.0452. The van der Waals surface area contributed by atoms with Crippen molar-refractivity contribution in [3.05, 3.63) is 42.0 Å². The number of carbonyl (C=O) groups excluding carboxylic acids is 5. The van der Waals surface area contributed by atoms with Crippen LogP contribution in [0.3, 0.4) is 0 Å². The van der Waals surface area contributed by atoms with Gasteiger partial charge in [-0.1, -0.05) is 18.6 Å². The van der Waals surface area contributed by atoms with Crippen LogP contribution in [0.5, 0.6) is 0 Å². The smallest absolute Gasteiger partial charge is 0.413 e. The number of ether oxygens (including phenoxy) is 1. The van der Waals surface area contributed by atoms with Gasteiger partial charge in [0.15, 0.2) is 0 Å². The minimum absolute atomic E-state index is 0.194. The standard InChI is InChI=1S/C19H23N4O5P.C3H8N2O2.CH2Cl2/c1-13(14-6-8-15(9-7-14)20-19(27)28-29)21-22-16(24)5-3-2-4-12-23-17(25)10-11-18(23)26;1-2(6)7-3(4)5;2-1-3/h6-11H,2-5,12,29H2,1H3,(H,20,27)(H,22,24);3H,4-5H2,1H3;1H2/b21-13+;;. The van der Waals surface area contributed by atoms with Gasteiger partial charge in [0.2, 0.25) is 12.3 Å². The zero-order chi connectivity index (χ0) is 29.8. The molecular weight excluding hydrogens is 574 g/mol. The van der Waals surface area contributed by atoms with Gasteiger partial charge in [-0.25, -0.2) is 10.2 Å². The van der Waals surface area contributed by atoms with Gasteiger partial charge in [0.1, 0.15) is 0 Å². The van der Waals surface area contributed by atoms with E-state index in [9.17, 15) is 24.0 Å². The summed E-state index contributed by atoms with van der Waals surface area (Å²) in [6, 6.07) is 6.92. The minimum atomic E-state index is -0.975. The van der Waals surface area contributed by atoms with E-state index in [0.29, 0.717) is 37.2 Å². The number of benzene rings is 1. The number of nitrogens with zero attached hydrogens (tertiary/aromatic N) is 2. The third-order valence-corrected chi connectivity index (χ3v) is 4.71. The molecule has 0 saturated carbocycles. The summed E-state index contributed by atoms with van der Waals surface area (Å²) in [6.45, 7) is 3.37. The van der Waals surface area contributed by atoms with Gasteiger partial charge in [0.05, 0.1) is 20.5 Å². The predicted molar refractivity (Wildman–Crippen MR) is 151 cm³/mol. The molecule has 0 saturated heterocycles. The zero-order valence-electron chi connectivity index (χ0n) is 21.5. The fourth-order valence-electron chi connectivity index (χ4n) is 2.78. The normalized spacial score (nSPS) is 12.2. The first-order valence-corrected chi connectivity index (χ1v) is 12.9. The molecule has 1 unspecified atom stereocenters. The highest BCUT2D eigenvalue weighted by molar-refractivity contribution is 7.10. The van der Waals surface area contributed by atoms with Crippen LogP contribution in [0, 0.1) is 0 Å². The first kappa shape index (κ1) is 35.9. The van der Waals surface area contributed by atoms with Gasteiger partial charge in [0, 0.05) is 37.7 Å². The van der Waals surface area contributed by atoms with Crippen molar-refractivity contribution in [2.45, 2.75) is 45.9 Å². The van der Waals surface area contributed by atoms with E-state index in [0.717, 1.165) is 12.0 Å². The second kappa shape index (κ2) is 20.8. The van der Waals surface area contributed by atoms with Crippen molar-refractivity contribution in [1.29, 1.82) is 0 Å². The molecule has 216 valence electrons. The average molecular weight is 607 g/mol. The number of halogens is 2. The number of carbonyl (C=O) groups is 5. The maximum absolute atomic E-state index is 11.9. The maximum Gasteiger partial charge on any atom is 0.413 e. The number of imide groups is 1. The molecule has 1 atom stereocenters. The summed E-state index contributed by atoms with van der Waals surface area (Å²) in [4.78, 5) is 56.9. The molecule has 1 aliphatic heterocycles. The van der Waals surface area contributed by atoms with Crippen LogP contribution < -0.4 is 22.2 Å². The van der Waals surface area contributed by atoms with Crippen molar-refractivity contribution in [2.75, 3.05) is 17.2 Å². The van der Waals surface area contributed by atoms with E-state index >= 15 is 0 Å². The van der Waals surface area contributed by atoms with Crippen LogP contribution in [0.2, 0.25) is 0 Å². The van der Waals surface area contributed by atoms with Gasteiger partial charge < -0.3 is 9.26 Å². The van der Waals surface area contributed by atoms with E-state index in [1.807, 2.05) is 9.47 Å². The number of rotatable bonds is 10. The largest absolute Gasteiger partial charge is 0.435 e. The van der Waals surface area contributed by atoms with Gasteiger partial charge >= 0.3 is 12.1 Å². The van der Waals surface area contributed by atoms with Gasteiger partial charge in [-0.3, -0.25) is 40.9 Å². The van der Waals surface area contributed by atoms with Crippen molar-refractivity contribution in [2.24, 2.45) is 16.6 Å². The molecule has 39 heavy (non-hydrogen) atoms. The number of alkyl halides is 2. The summed E-state index contributed by atoms with van der Waals surface area (Å²) in [7, 11) is 1.87. The van der Waals surface area contributed by atoms with E-state index in [-0.39, 0.29) is 23.1 Å². The zero-order valence-corrected chi connectivity index (χ0v) is 24.2. The van der Waals surface area contributed by atoms with E-state index in [1.165, 1.54) is 24.0 Å². The third-order valence-electron chi connectivity index (χ3n) is 4.49. The first-order valence-electron chi connectivity index (χ1n) is 11.4. The van der Waals surface area contributed by atoms with Crippen LogP contribution in [0.15, 0.2) is 41.5 Å². The van der Waals surface area contributed by atoms with Gasteiger partial charge in [-0.2, -0.15) is 5.10 Å². The van der Waals surface area contributed by atoms with Gasteiger partial charge in [-0.05, 0) is 37.5 Å². The Morgan fingerprint density at radius 2 is 1.59 bits per heavy atom. The molecule has 0 fully saturated rings. The Kier molecular flexibility index (Phi) is 19.2. The SMILES string of the molecule is C/C(=N\NC(=O)CCCCCN1C(=O)C=CC1=O)c1ccc(NC(=O)OP)cc1.CC(=O)OC(N)N.ClCCl. The molecule has 2 rings (SSSR count). The molecule has 4 amide bonds. The van der Waals surface area contributed by atoms with Gasteiger partial charge in [0.25, 0.3) is 11.8 Å². The third kappa shape index (κ3) is 17.2. The molecular formula is C23H33Cl2N6O7P. The number of nitrogens with two attached hydrogens (primary N) is 2. The lowest BCUT2D eigenvalue weighted by molar-refractivity contribution is -0.145. The molecule has 0 spiro atoms. The monoisotopic (exact) mass is 606 g/mol. The molecule has 16 heteroatoms. The molecule has 1 aromatic carbocycles. The topological polar surface area (TPSA) is 196 Å². The number of hydrogen-bond donors (Lipinski definition) is 4. The highest BCUT2D eigenvalue weighted by atomic mass is 35.5. The summed E-state index contributed by atoms with van der Waals surface area (Å²) >= 11 is 9.53. The predicted octanol–water partition coefficient (Wildman–Crippen LogP) is 2.52. The van der Waals surface area contributed by atoms with E-state index in [1.54, 1.807) is 31.2 Å². The van der Waals surface area contributed by atoms with Crippen molar-refractivity contribution in [3.63, 3.8) is 0 Å². The Balaban J connectivity index is 0.00000123. The summed E-state index contributed by atoms with van der Waals surface area (Å²) in [5, 5.41) is 6.80. The Morgan fingerprint density at radius 1 is 1.03 bits per heavy atom. The minimum Gasteiger partial charge on any atom is -0.435 e. The molecule has 6 N–H and O–H groups in total. The van der Waals surface area contributed by atoms with Gasteiger partial charge in [-0.15, -0.1) is 23.2 Å². The van der Waals surface area contributed by atoms with Crippen molar-refractivity contribution in [1.82, 2.24) is 10.3 Å². The number of nitrogens with one attached hydrogen (secondary N) is 2. The molecule has 0 aromatic heterocycles. The van der Waals surface area contributed by atoms with Crippen LogP contribution in [-0.2, 0) is 28.4 Å². The highest BCUT2D eigenvalue weighted by Crippen LogP contribution is 2.11. The molecule has 1 aromatic rings. The Morgan fingerprint density at radius 3 is 2.05 bits per heavy atom. The average Bonchev–Trinajstić information content (AvgIpc) is 3.19. The second-order valence-electron chi connectivity index (χ2n) is 7.49. The number of anilines is 1. The summed E-state index contributed by atoms with van der Waals surface area (Å²) in [6.07, 6.45) is 3.28. The molecule has 1 heterocycles. The lowest BCUT2D eigenvalue weighted by atomic mass is 10.1. The number of esters is 1. The molecule has 0 bridgehead atoms. The highest BCUT2D eigenvalue weighted by Gasteiger charge is 2.22. The summed E-state index contributed by atoms with van der Waals surface area (Å²) < 4.78 is 8.61. The van der Waals surface area contributed by atoms with Crippen LogP contribution in [-0.4, -0.2) is 58.6 Å². The fourth-order valence-corrected chi connectivity index (χ4v) is 2.84. The van der Waals surface area contributed by atoms with E-state index < -0.39 is 18.4 Å². The summed E-state index contributed by atoms with van der Waals surface area (Å²) in [5.74, 6) is -1.24. The van der Waals surface area contributed by atoms with Crippen molar-refractivity contribution >= 4 is 73.9 Å². The molecule has 13 nitrogen and oxygen atoms in total. The molecule has 1 aliphatic rings. The van der Waals surface area contributed by atoms with Crippen molar-refractivity contribution in [3.8, 4) is 0 Å². The Labute approximate surface area is 238 Å². The Bertz CT molecular complexity index is 1000. The lowest BCUT2D eigenvalue weighted by Crippen LogP contribution is -2.34. The van der Waals surface area contributed by atoms with Crippen LogP contribution in [0.4, 0.5) is 10.5 Å². The first-order chi connectivity index (χ1) is 18.4. The van der Waals surface area contributed by atoms with Crippen molar-refractivity contribution < 1.29 is 33.2 Å². The second-order valence-corrected chi connectivity index (χ2v) is 8.53. The number of amides is 4.